The molecule has 0 spiro atoms. The lowest BCUT2D eigenvalue weighted by Crippen LogP contribution is -2.07. The van der Waals surface area contributed by atoms with Crippen molar-refractivity contribution >= 4 is 24.3 Å². The van der Waals surface area contributed by atoms with E-state index in [1.54, 1.807) is 0 Å². The highest BCUT2D eigenvalue weighted by Gasteiger charge is 1.98. The number of hydrogen-bond acceptors (Lipinski definition) is 8. The number of amides is 1. The first kappa shape index (κ1) is 11.0. The molecule has 0 unspecified atom stereocenters. The summed E-state index contributed by atoms with van der Waals surface area (Å²) in [5.74, 6) is 3.49. The van der Waals surface area contributed by atoms with Crippen molar-refractivity contribution in [2.45, 2.75) is 0 Å². The van der Waals surface area contributed by atoms with Gasteiger partial charge in [0.2, 0.25) is 24.3 Å². The molecule has 0 bridgehead atoms. The molecule has 9 nitrogen and oxygen atoms in total. The molecule has 0 aromatic carbocycles. The van der Waals surface area contributed by atoms with E-state index in [0.717, 1.165) is 0 Å². The molecule has 9 heteroatoms. The Labute approximate surface area is 72.9 Å². The molecule has 8 N–H and O–H groups in total. The summed E-state index contributed by atoms with van der Waals surface area (Å²) in [5, 5.41) is 8.69. The molecule has 1 aromatic heterocycles. The van der Waals surface area contributed by atoms with E-state index in [1.165, 1.54) is 0 Å². The second-order valence-electron chi connectivity index (χ2n) is 1.64. The smallest absolute Gasteiger partial charge is 0.235 e. The molecule has 13 heavy (non-hydrogen) atoms. The van der Waals surface area contributed by atoms with Gasteiger partial charge in [-0.1, -0.05) is 0 Å². The van der Waals surface area contributed by atoms with Crippen LogP contribution in [0.25, 0.3) is 0 Å². The summed E-state index contributed by atoms with van der Waals surface area (Å²) in [5.41, 5.74) is 10.4. The van der Waals surface area contributed by atoms with E-state index < -0.39 is 0 Å². The van der Waals surface area contributed by atoms with Gasteiger partial charge in [-0.3, -0.25) is 10.1 Å². The average Bonchev–Trinajstić information content (AvgIpc) is 2.06. The van der Waals surface area contributed by atoms with Gasteiger partial charge in [-0.2, -0.15) is 15.0 Å². The number of nitrogens with one attached hydrogen (secondary N) is 1. The van der Waals surface area contributed by atoms with Crippen molar-refractivity contribution in [2.24, 2.45) is 5.90 Å². The van der Waals surface area contributed by atoms with Gasteiger partial charge in [0.25, 0.3) is 0 Å². The summed E-state index contributed by atoms with van der Waals surface area (Å²) in [4.78, 5) is 20.5. The SMILES string of the molecule is NO.Nc1nc(N)nc(NC=O)n1. The fourth-order valence-corrected chi connectivity index (χ4v) is 0.527. The van der Waals surface area contributed by atoms with Gasteiger partial charge < -0.3 is 16.7 Å². The molecule has 72 valence electrons. The lowest BCUT2D eigenvalue weighted by Gasteiger charge is -1.97. The molecule has 0 saturated carbocycles. The largest absolute Gasteiger partial charge is 0.368 e. The van der Waals surface area contributed by atoms with Gasteiger partial charge in [0, 0.05) is 0 Å². The van der Waals surface area contributed by atoms with Gasteiger partial charge in [0.1, 0.15) is 0 Å². The Hall–Kier alpha value is -2.00. The van der Waals surface area contributed by atoms with Crippen molar-refractivity contribution in [3.8, 4) is 0 Å². The molecule has 0 aliphatic rings. The number of carbonyl (C=O) groups is 1. The lowest BCUT2D eigenvalue weighted by molar-refractivity contribution is -0.105. The number of nitrogens with zero attached hydrogens (tertiary/aromatic N) is 3. The Bertz CT molecular complexity index is 257. The highest BCUT2D eigenvalue weighted by atomic mass is 16.4. The first-order valence-electron chi connectivity index (χ1n) is 2.95. The van der Waals surface area contributed by atoms with Crippen LogP contribution in [0.5, 0.6) is 0 Å². The molecule has 1 heterocycles. The van der Waals surface area contributed by atoms with E-state index in [2.05, 4.69) is 26.2 Å². The number of hydrogen-bond donors (Lipinski definition) is 5. The molecule has 1 aromatic rings. The van der Waals surface area contributed by atoms with Crippen molar-refractivity contribution in [3.63, 3.8) is 0 Å². The number of anilines is 3. The van der Waals surface area contributed by atoms with Crippen LogP contribution < -0.4 is 22.7 Å². The van der Waals surface area contributed by atoms with E-state index in [1.807, 2.05) is 0 Å². The van der Waals surface area contributed by atoms with Crippen molar-refractivity contribution in [3.05, 3.63) is 0 Å². The zero-order chi connectivity index (χ0) is 10.3. The van der Waals surface area contributed by atoms with E-state index >= 15 is 0 Å². The highest BCUT2D eigenvalue weighted by molar-refractivity contribution is 5.67. The molecule has 0 aliphatic carbocycles. The van der Waals surface area contributed by atoms with Crippen molar-refractivity contribution in [2.75, 3.05) is 16.8 Å². The number of carbonyl (C=O) groups excluding carboxylic acids is 1. The van der Waals surface area contributed by atoms with E-state index in [-0.39, 0.29) is 17.8 Å². The summed E-state index contributed by atoms with van der Waals surface area (Å²) in [7, 11) is 0. The Balaban J connectivity index is 0.000000671. The Kier molecular flexibility index (Phi) is 4.76. The summed E-state index contributed by atoms with van der Waals surface area (Å²) in [6.45, 7) is 0. The topological polar surface area (TPSA) is 166 Å². The number of nitrogen functional groups attached to an aromatic ring is 2. The van der Waals surface area contributed by atoms with Crippen molar-refractivity contribution < 1.29 is 10.0 Å². The second kappa shape index (κ2) is 5.62. The van der Waals surface area contributed by atoms with Gasteiger partial charge in [0.05, 0.1) is 0 Å². The van der Waals surface area contributed by atoms with Crippen LogP contribution in [0.3, 0.4) is 0 Å². The number of rotatable bonds is 2. The fourth-order valence-electron chi connectivity index (χ4n) is 0.527. The second-order valence-corrected chi connectivity index (χ2v) is 1.64. The van der Waals surface area contributed by atoms with Crippen molar-refractivity contribution in [1.29, 1.82) is 0 Å². The van der Waals surface area contributed by atoms with Gasteiger partial charge >= 0.3 is 0 Å². The molecule has 0 fully saturated rings. The minimum atomic E-state index is -0.0261. The van der Waals surface area contributed by atoms with Gasteiger partial charge in [0.15, 0.2) is 0 Å². The molecular formula is C4H9N7O2. The van der Waals surface area contributed by atoms with Crippen LogP contribution in [0.15, 0.2) is 0 Å². The standard InChI is InChI=1S/C4H6N6O.H3NO/c5-2-8-3(6)10-4(9-2)7-1-11;1-2/h1H,(H5,5,6,7,8,9,10,11);2H,1H2. The van der Waals surface area contributed by atoms with Crippen LogP contribution in [0.4, 0.5) is 17.8 Å². The fraction of sp³-hybridized carbons (Fsp3) is 0. The van der Waals surface area contributed by atoms with Crippen LogP contribution in [-0.2, 0) is 4.79 Å². The summed E-state index contributed by atoms with van der Waals surface area (Å²) >= 11 is 0. The maximum absolute atomic E-state index is 9.90. The Morgan fingerprint density at radius 3 is 2.00 bits per heavy atom. The first-order chi connectivity index (χ1) is 6.22. The summed E-state index contributed by atoms with van der Waals surface area (Å²) < 4.78 is 0. The molecule has 0 aliphatic heterocycles. The van der Waals surface area contributed by atoms with E-state index in [4.69, 9.17) is 16.7 Å². The average molecular weight is 187 g/mol. The third kappa shape index (κ3) is 3.79. The monoisotopic (exact) mass is 187 g/mol. The maximum atomic E-state index is 9.90. The van der Waals surface area contributed by atoms with Crippen LogP contribution >= 0.6 is 0 Å². The quantitative estimate of drug-likeness (QED) is 0.260. The Morgan fingerprint density at radius 1 is 1.15 bits per heavy atom. The minimum Gasteiger partial charge on any atom is -0.368 e. The van der Waals surface area contributed by atoms with Gasteiger partial charge in [-0.15, -0.1) is 0 Å². The molecular weight excluding hydrogens is 178 g/mol. The van der Waals surface area contributed by atoms with E-state index in [9.17, 15) is 4.79 Å². The third-order valence-electron chi connectivity index (χ3n) is 0.858. The van der Waals surface area contributed by atoms with Gasteiger partial charge in [-0.05, 0) is 0 Å². The zero-order valence-electron chi connectivity index (χ0n) is 6.51. The highest BCUT2D eigenvalue weighted by Crippen LogP contribution is 2.01. The van der Waals surface area contributed by atoms with Crippen LogP contribution in [-0.4, -0.2) is 26.6 Å². The first-order valence-corrected chi connectivity index (χ1v) is 2.95. The van der Waals surface area contributed by atoms with Crippen LogP contribution in [0.2, 0.25) is 0 Å². The van der Waals surface area contributed by atoms with E-state index in [0.29, 0.717) is 6.41 Å². The Morgan fingerprint density at radius 2 is 1.62 bits per heavy atom. The molecule has 0 radical (unpaired) electrons. The van der Waals surface area contributed by atoms with Crippen LogP contribution in [0.1, 0.15) is 0 Å². The van der Waals surface area contributed by atoms with Crippen molar-refractivity contribution in [1.82, 2.24) is 15.0 Å². The normalized spacial score (nSPS) is 8.15. The maximum Gasteiger partial charge on any atom is 0.235 e. The molecule has 1 rings (SSSR count). The lowest BCUT2D eigenvalue weighted by atomic mass is 10.8. The number of nitrogens with two attached hydrogens (primary N) is 3. The number of aromatic nitrogens is 3. The minimum absolute atomic E-state index is 0.0261. The summed E-state index contributed by atoms with van der Waals surface area (Å²) in [6.07, 6.45) is 0.425. The zero-order valence-corrected chi connectivity index (χ0v) is 6.51. The van der Waals surface area contributed by atoms with Crippen LogP contribution in [0, 0.1) is 0 Å². The predicted octanol–water partition coefficient (Wildman–Crippen LogP) is -2.06. The third-order valence-corrected chi connectivity index (χ3v) is 0.858. The van der Waals surface area contributed by atoms with Gasteiger partial charge in [-0.25, -0.2) is 5.90 Å². The molecule has 0 atom stereocenters. The predicted molar refractivity (Wildman–Crippen MR) is 44.3 cm³/mol. The molecule has 0 saturated heterocycles. The molecule has 1 amide bonds. The summed E-state index contributed by atoms with van der Waals surface area (Å²) in [6, 6.07) is 0.